The normalized spacial score (nSPS) is 27.4. The highest BCUT2D eigenvalue weighted by Gasteiger charge is 2.40. The number of aliphatic hydroxyl groups excluding tert-OH is 1. The van der Waals surface area contributed by atoms with Crippen molar-refractivity contribution in [3.8, 4) is 16.3 Å². The van der Waals surface area contributed by atoms with Crippen LogP contribution >= 0.6 is 11.3 Å². The first-order valence-electron chi connectivity index (χ1n) is 12.0. The number of fused-ring (bicyclic) bond motifs is 3. The zero-order valence-electron chi connectivity index (χ0n) is 18.9. The Labute approximate surface area is 201 Å². The maximum atomic E-state index is 13.3. The van der Waals surface area contributed by atoms with E-state index >= 15 is 0 Å². The number of alkyl halides is 3. The van der Waals surface area contributed by atoms with E-state index in [9.17, 15) is 18.3 Å². The first-order chi connectivity index (χ1) is 16.3. The van der Waals surface area contributed by atoms with Gasteiger partial charge in [0.05, 0.1) is 11.3 Å². The molecule has 5 atom stereocenters. The number of allylic oxidation sites excluding steroid dienone is 1. The van der Waals surface area contributed by atoms with Crippen molar-refractivity contribution >= 4 is 22.7 Å². The van der Waals surface area contributed by atoms with Crippen molar-refractivity contribution in [2.24, 2.45) is 28.7 Å². The molecule has 2 saturated carbocycles. The molecule has 5 unspecified atom stereocenters. The Morgan fingerprint density at radius 3 is 2.82 bits per heavy atom. The highest BCUT2D eigenvalue weighted by Crippen LogP contribution is 2.48. The number of benzene rings is 1. The van der Waals surface area contributed by atoms with Crippen molar-refractivity contribution in [3.63, 3.8) is 0 Å². The molecular weight excluding hydrogens is 461 g/mol. The minimum atomic E-state index is -4.76. The molecule has 4 nitrogen and oxygen atoms in total. The summed E-state index contributed by atoms with van der Waals surface area (Å²) in [7, 11) is 0. The maximum absolute atomic E-state index is 13.3. The minimum Gasteiger partial charge on any atom is -0.485 e. The lowest BCUT2D eigenvalue weighted by Gasteiger charge is -2.25. The summed E-state index contributed by atoms with van der Waals surface area (Å²) in [6.45, 7) is 4.33. The summed E-state index contributed by atoms with van der Waals surface area (Å²) in [6.07, 6.45) is 4.44. The Morgan fingerprint density at radius 2 is 2.09 bits per heavy atom. The number of thiazole rings is 1. The van der Waals surface area contributed by atoms with Crippen LogP contribution in [0.5, 0.6) is 5.75 Å². The van der Waals surface area contributed by atoms with Crippen LogP contribution in [-0.4, -0.2) is 28.6 Å². The lowest BCUT2D eigenvalue weighted by molar-refractivity contribution is -0.206. The monoisotopic (exact) mass is 490 g/mol. The molecule has 8 heteroatoms. The summed E-state index contributed by atoms with van der Waals surface area (Å²) in [5.41, 5.74) is 1.36. The molecule has 2 aliphatic carbocycles. The second kappa shape index (κ2) is 9.46. The molecule has 34 heavy (non-hydrogen) atoms. The van der Waals surface area contributed by atoms with E-state index in [1.165, 1.54) is 55.6 Å². The van der Waals surface area contributed by atoms with Gasteiger partial charge >= 0.3 is 6.18 Å². The molecule has 1 N–H and O–H groups in total. The SMILES string of the molecule is C=CC1CC2CC(CCC3=Nc4cc(C(O)C(F)(F)F)cc(-c5nccs5)c4OC3)CCC1C2. The number of hydrogen-bond acceptors (Lipinski definition) is 5. The number of nitrogens with zero attached hydrogens (tertiary/aromatic N) is 2. The molecule has 0 saturated heterocycles. The first kappa shape index (κ1) is 23.5. The van der Waals surface area contributed by atoms with Crippen molar-refractivity contribution < 1.29 is 23.0 Å². The summed E-state index contributed by atoms with van der Waals surface area (Å²) in [4.78, 5) is 8.93. The van der Waals surface area contributed by atoms with Gasteiger partial charge in [-0.25, -0.2) is 4.98 Å². The third-order valence-electron chi connectivity index (χ3n) is 7.65. The number of ether oxygens (including phenoxy) is 1. The third-order valence-corrected chi connectivity index (χ3v) is 8.45. The molecular formula is C26H29F3N2O2S. The lowest BCUT2D eigenvalue weighted by atomic mass is 9.83. The molecule has 2 bridgehead atoms. The van der Waals surface area contributed by atoms with E-state index in [0.29, 0.717) is 40.5 Å². The van der Waals surface area contributed by atoms with Crippen LogP contribution in [0.25, 0.3) is 10.6 Å². The summed E-state index contributed by atoms with van der Waals surface area (Å²) in [6, 6.07) is 2.61. The van der Waals surface area contributed by atoms with Crippen molar-refractivity contribution in [2.75, 3.05) is 6.61 Å². The predicted octanol–water partition coefficient (Wildman–Crippen LogP) is 7.28. The van der Waals surface area contributed by atoms with Gasteiger partial charge in [-0.3, -0.25) is 4.99 Å². The van der Waals surface area contributed by atoms with E-state index in [0.717, 1.165) is 30.4 Å². The molecule has 2 aromatic rings. The van der Waals surface area contributed by atoms with Gasteiger partial charge in [-0.15, -0.1) is 17.9 Å². The van der Waals surface area contributed by atoms with Gasteiger partial charge in [0.2, 0.25) is 0 Å². The van der Waals surface area contributed by atoms with E-state index in [-0.39, 0.29) is 5.56 Å². The molecule has 2 fully saturated rings. The fourth-order valence-corrected chi connectivity index (χ4v) is 6.63. The summed E-state index contributed by atoms with van der Waals surface area (Å²) < 4.78 is 45.8. The van der Waals surface area contributed by atoms with Crippen molar-refractivity contribution in [3.05, 3.63) is 41.9 Å². The van der Waals surface area contributed by atoms with Crippen LogP contribution in [0.15, 0.2) is 41.4 Å². The zero-order chi connectivity index (χ0) is 23.9. The molecule has 3 aliphatic rings. The van der Waals surface area contributed by atoms with E-state index in [1.54, 1.807) is 11.6 Å². The second-order valence-electron chi connectivity index (χ2n) is 9.88. The minimum absolute atomic E-state index is 0.249. The molecule has 0 spiro atoms. The predicted molar refractivity (Wildman–Crippen MR) is 128 cm³/mol. The molecule has 1 aromatic carbocycles. The number of aliphatic hydroxyl groups is 1. The molecule has 182 valence electrons. The molecule has 0 amide bonds. The fourth-order valence-electron chi connectivity index (χ4n) is 5.98. The molecule has 1 aromatic heterocycles. The van der Waals surface area contributed by atoms with Gasteiger partial charge in [0.1, 0.15) is 17.3 Å². The van der Waals surface area contributed by atoms with Gasteiger partial charge in [-0.05, 0) is 79.9 Å². The molecule has 1 aliphatic heterocycles. The third kappa shape index (κ3) is 4.80. The van der Waals surface area contributed by atoms with E-state index in [4.69, 9.17) is 9.73 Å². The Bertz CT molecular complexity index is 1070. The standard InChI is InChI=1S/C26H29F3N2O2S/c1-2-17-10-16-9-15(3-5-18(17)11-16)4-6-20-14-33-23-21(25-30-7-8-34-25)12-19(13-22(23)31-20)24(32)26(27,28)29/h2,7-8,12-13,15-18,24,32H,1,3-6,9-11,14H2. The zero-order valence-corrected chi connectivity index (χ0v) is 19.7. The smallest absolute Gasteiger partial charge is 0.418 e. The summed E-state index contributed by atoms with van der Waals surface area (Å²) in [5.74, 6) is 3.30. The second-order valence-corrected chi connectivity index (χ2v) is 10.8. The van der Waals surface area contributed by atoms with Gasteiger partial charge in [-0.2, -0.15) is 13.2 Å². The van der Waals surface area contributed by atoms with Crippen LogP contribution in [0, 0.1) is 23.7 Å². The Hall–Kier alpha value is -2.19. The highest BCUT2D eigenvalue weighted by atomic mass is 32.1. The number of halogens is 3. The van der Waals surface area contributed by atoms with Gasteiger partial charge in [-0.1, -0.05) is 12.5 Å². The average Bonchev–Trinajstić information content (AvgIpc) is 3.43. The van der Waals surface area contributed by atoms with Gasteiger partial charge in [0.25, 0.3) is 0 Å². The van der Waals surface area contributed by atoms with Crippen molar-refractivity contribution in [1.29, 1.82) is 0 Å². The maximum Gasteiger partial charge on any atom is 0.418 e. The Kier molecular flexibility index (Phi) is 6.55. The van der Waals surface area contributed by atoms with E-state index in [1.807, 2.05) is 0 Å². The van der Waals surface area contributed by atoms with E-state index in [2.05, 4.69) is 17.6 Å². The van der Waals surface area contributed by atoms with E-state index < -0.39 is 12.3 Å². The van der Waals surface area contributed by atoms with Crippen molar-refractivity contribution in [2.45, 2.75) is 57.2 Å². The van der Waals surface area contributed by atoms with Gasteiger partial charge in [0, 0.05) is 11.6 Å². The molecule has 2 heterocycles. The van der Waals surface area contributed by atoms with Crippen LogP contribution in [0.4, 0.5) is 18.9 Å². The number of hydrogen-bond donors (Lipinski definition) is 1. The van der Waals surface area contributed by atoms with Gasteiger partial charge < -0.3 is 9.84 Å². The van der Waals surface area contributed by atoms with Crippen LogP contribution < -0.4 is 4.74 Å². The van der Waals surface area contributed by atoms with Crippen LogP contribution in [0.3, 0.4) is 0 Å². The number of rotatable bonds is 6. The topological polar surface area (TPSA) is 54.7 Å². The molecule has 5 rings (SSSR count). The van der Waals surface area contributed by atoms with Crippen LogP contribution in [-0.2, 0) is 0 Å². The van der Waals surface area contributed by atoms with Crippen LogP contribution in [0.2, 0.25) is 0 Å². The largest absolute Gasteiger partial charge is 0.485 e. The average molecular weight is 491 g/mol. The highest BCUT2D eigenvalue weighted by molar-refractivity contribution is 7.13. The number of aromatic nitrogens is 1. The Balaban J connectivity index is 1.35. The summed E-state index contributed by atoms with van der Waals surface area (Å²) in [5, 5.41) is 12.2. The first-order valence-corrected chi connectivity index (χ1v) is 12.8. The van der Waals surface area contributed by atoms with Gasteiger partial charge in [0.15, 0.2) is 11.9 Å². The number of aliphatic imine (C=N–C) groups is 1. The lowest BCUT2D eigenvalue weighted by Crippen LogP contribution is -2.21. The molecule has 0 radical (unpaired) electrons. The summed E-state index contributed by atoms with van der Waals surface area (Å²) >= 11 is 1.31. The van der Waals surface area contributed by atoms with Crippen LogP contribution in [0.1, 0.15) is 56.6 Å². The fraction of sp³-hybridized carbons (Fsp3) is 0.538. The van der Waals surface area contributed by atoms with Crippen molar-refractivity contribution in [1.82, 2.24) is 4.98 Å². The Morgan fingerprint density at radius 1 is 1.24 bits per heavy atom. The quantitative estimate of drug-likeness (QED) is 0.433.